The van der Waals surface area contributed by atoms with E-state index in [2.05, 4.69) is 20.5 Å². The van der Waals surface area contributed by atoms with Gasteiger partial charge in [-0.15, -0.1) is 11.8 Å². The fourth-order valence-corrected chi connectivity index (χ4v) is 3.95. The van der Waals surface area contributed by atoms with E-state index in [4.69, 9.17) is 4.74 Å². The number of aryl methyl sites for hydroxylation is 1. The monoisotopic (exact) mass is 474 g/mol. The summed E-state index contributed by atoms with van der Waals surface area (Å²) in [6, 6.07) is 6.37. The molecule has 0 bridgehead atoms. The van der Waals surface area contributed by atoms with Crippen LogP contribution in [0.15, 0.2) is 53.9 Å². The molecule has 3 heterocycles. The number of aliphatic hydroxyl groups is 1. The second-order valence-corrected chi connectivity index (χ2v) is 8.26. The van der Waals surface area contributed by atoms with Crippen LogP contribution < -0.4 is 10.1 Å². The minimum atomic E-state index is -3.04. The van der Waals surface area contributed by atoms with Crippen LogP contribution in [0.4, 0.5) is 14.5 Å². The number of hydrogen-bond acceptors (Lipinski definition) is 7. The standard InChI is InChI=1S/C21H20F2N6O3S/c1-12(30)11-33-13-4-5-17(32-21(22)23)14(8-13)18-16(10-28(2)27-18)26-20(31)15-9-25-29-7-3-6-24-19(15)29/h3-10,12,21,30H,11H2,1-2H3,(H,26,31). The van der Waals surface area contributed by atoms with Crippen LogP contribution in [0, 0.1) is 0 Å². The number of carbonyl (C=O) groups is 1. The molecule has 4 aromatic rings. The van der Waals surface area contributed by atoms with E-state index in [1.54, 1.807) is 50.8 Å². The zero-order valence-corrected chi connectivity index (χ0v) is 18.5. The zero-order chi connectivity index (χ0) is 23.5. The molecule has 0 spiro atoms. The molecule has 1 unspecified atom stereocenters. The molecule has 4 rings (SSSR count). The molecular weight excluding hydrogens is 454 g/mol. The van der Waals surface area contributed by atoms with Crippen LogP contribution in [0.25, 0.3) is 16.9 Å². The summed E-state index contributed by atoms with van der Waals surface area (Å²) in [5, 5.41) is 20.8. The normalized spacial score (nSPS) is 12.3. The zero-order valence-electron chi connectivity index (χ0n) is 17.6. The minimum absolute atomic E-state index is 0.0850. The van der Waals surface area contributed by atoms with Crippen molar-refractivity contribution >= 4 is 29.0 Å². The van der Waals surface area contributed by atoms with E-state index in [1.165, 1.54) is 33.2 Å². The number of halogens is 2. The summed E-state index contributed by atoms with van der Waals surface area (Å²) in [5.41, 5.74) is 1.45. The van der Waals surface area contributed by atoms with Gasteiger partial charge in [0.05, 0.1) is 18.0 Å². The third-order valence-electron chi connectivity index (χ3n) is 4.51. The first-order valence-electron chi connectivity index (χ1n) is 9.85. The highest BCUT2D eigenvalue weighted by Gasteiger charge is 2.21. The number of ether oxygens (including phenoxy) is 1. The van der Waals surface area contributed by atoms with Crippen molar-refractivity contribution in [2.45, 2.75) is 24.5 Å². The Hall–Kier alpha value is -3.51. The first-order valence-corrected chi connectivity index (χ1v) is 10.8. The van der Waals surface area contributed by atoms with Crippen molar-refractivity contribution in [2.75, 3.05) is 11.1 Å². The van der Waals surface area contributed by atoms with E-state index in [1.807, 2.05) is 0 Å². The lowest BCUT2D eigenvalue weighted by Crippen LogP contribution is -2.12. The lowest BCUT2D eigenvalue weighted by Gasteiger charge is -2.13. The highest BCUT2D eigenvalue weighted by Crippen LogP contribution is 2.38. The van der Waals surface area contributed by atoms with Crippen molar-refractivity contribution in [3.63, 3.8) is 0 Å². The van der Waals surface area contributed by atoms with Gasteiger partial charge in [-0.05, 0) is 31.2 Å². The Morgan fingerprint density at radius 1 is 1.36 bits per heavy atom. The Kier molecular flexibility index (Phi) is 6.56. The summed E-state index contributed by atoms with van der Waals surface area (Å²) in [6.45, 7) is -1.38. The number of carbonyl (C=O) groups excluding carboxylic acids is 1. The molecule has 1 amide bonds. The van der Waals surface area contributed by atoms with E-state index < -0.39 is 18.6 Å². The number of aromatic nitrogens is 5. The van der Waals surface area contributed by atoms with Crippen molar-refractivity contribution in [1.29, 1.82) is 0 Å². The van der Waals surface area contributed by atoms with Gasteiger partial charge in [-0.1, -0.05) is 0 Å². The van der Waals surface area contributed by atoms with Gasteiger partial charge < -0.3 is 15.2 Å². The van der Waals surface area contributed by atoms with Gasteiger partial charge in [-0.3, -0.25) is 9.48 Å². The maximum absolute atomic E-state index is 13.0. The third kappa shape index (κ3) is 5.12. The fourth-order valence-electron chi connectivity index (χ4n) is 3.16. The Morgan fingerprint density at radius 2 is 2.18 bits per heavy atom. The van der Waals surface area contributed by atoms with Crippen LogP contribution in [-0.4, -0.2) is 53.9 Å². The number of nitrogens with zero attached hydrogens (tertiary/aromatic N) is 5. The van der Waals surface area contributed by atoms with Crippen molar-refractivity contribution in [1.82, 2.24) is 24.4 Å². The van der Waals surface area contributed by atoms with Gasteiger partial charge in [0, 0.05) is 41.8 Å². The van der Waals surface area contributed by atoms with Gasteiger partial charge in [0.25, 0.3) is 5.91 Å². The summed E-state index contributed by atoms with van der Waals surface area (Å²) in [4.78, 5) is 17.9. The van der Waals surface area contributed by atoms with Crippen LogP contribution in [0.2, 0.25) is 0 Å². The van der Waals surface area contributed by atoms with E-state index in [0.29, 0.717) is 17.1 Å². The molecular formula is C21H20F2N6O3S. The highest BCUT2D eigenvalue weighted by atomic mass is 32.2. The number of aliphatic hydroxyl groups excluding tert-OH is 1. The number of thioether (sulfide) groups is 1. The molecule has 1 atom stereocenters. The summed E-state index contributed by atoms with van der Waals surface area (Å²) in [7, 11) is 1.65. The molecule has 0 saturated heterocycles. The largest absolute Gasteiger partial charge is 0.434 e. The SMILES string of the molecule is CC(O)CSc1ccc(OC(F)F)c(-c2nn(C)cc2NC(=O)c2cnn3cccnc23)c1. The number of alkyl halides is 2. The van der Waals surface area contributed by atoms with Gasteiger partial charge in [0.1, 0.15) is 17.0 Å². The number of benzene rings is 1. The van der Waals surface area contributed by atoms with Gasteiger partial charge in [0.15, 0.2) is 5.65 Å². The fraction of sp³-hybridized carbons (Fsp3) is 0.238. The molecule has 33 heavy (non-hydrogen) atoms. The van der Waals surface area contributed by atoms with Crippen molar-refractivity contribution in [3.8, 4) is 17.0 Å². The maximum atomic E-state index is 13.0. The molecule has 2 N–H and O–H groups in total. The molecule has 0 fully saturated rings. The molecule has 0 aliphatic carbocycles. The van der Waals surface area contributed by atoms with Gasteiger partial charge in [0.2, 0.25) is 0 Å². The topological polar surface area (TPSA) is 107 Å². The minimum Gasteiger partial charge on any atom is -0.434 e. The number of fused-ring (bicyclic) bond motifs is 1. The molecule has 3 aromatic heterocycles. The first-order chi connectivity index (χ1) is 15.8. The maximum Gasteiger partial charge on any atom is 0.387 e. The molecule has 1 aromatic carbocycles. The Labute approximate surface area is 191 Å². The molecule has 172 valence electrons. The third-order valence-corrected chi connectivity index (χ3v) is 5.75. The molecule has 12 heteroatoms. The van der Waals surface area contributed by atoms with Crippen molar-refractivity contribution in [2.24, 2.45) is 7.05 Å². The predicted molar refractivity (Wildman–Crippen MR) is 119 cm³/mol. The van der Waals surface area contributed by atoms with Crippen LogP contribution in [-0.2, 0) is 7.05 Å². The van der Waals surface area contributed by atoms with Crippen LogP contribution in [0.1, 0.15) is 17.3 Å². The Bertz CT molecular complexity index is 1290. The van der Waals surface area contributed by atoms with Crippen LogP contribution in [0.5, 0.6) is 5.75 Å². The van der Waals surface area contributed by atoms with Crippen LogP contribution >= 0.6 is 11.8 Å². The quantitative estimate of drug-likeness (QED) is 0.377. The first kappa shape index (κ1) is 22.7. The molecule has 0 aliphatic heterocycles. The summed E-state index contributed by atoms with van der Waals surface area (Å²) in [6.07, 6.45) is 5.63. The lowest BCUT2D eigenvalue weighted by molar-refractivity contribution is -0.0494. The average Bonchev–Trinajstić information content (AvgIpc) is 3.36. The van der Waals surface area contributed by atoms with E-state index >= 15 is 0 Å². The van der Waals surface area contributed by atoms with Gasteiger partial charge in [-0.2, -0.15) is 19.0 Å². The van der Waals surface area contributed by atoms with Gasteiger partial charge >= 0.3 is 6.61 Å². The smallest absolute Gasteiger partial charge is 0.387 e. The number of rotatable bonds is 8. The Balaban J connectivity index is 1.71. The second kappa shape index (κ2) is 9.55. The average molecular weight is 474 g/mol. The lowest BCUT2D eigenvalue weighted by atomic mass is 10.1. The van der Waals surface area contributed by atoms with E-state index in [-0.39, 0.29) is 22.6 Å². The molecule has 0 saturated carbocycles. The summed E-state index contributed by atoms with van der Waals surface area (Å²) >= 11 is 1.36. The molecule has 0 aliphatic rings. The number of nitrogens with one attached hydrogen (secondary N) is 1. The molecule has 0 radical (unpaired) electrons. The number of hydrogen-bond donors (Lipinski definition) is 2. The number of anilines is 1. The summed E-state index contributed by atoms with van der Waals surface area (Å²) in [5.74, 6) is -0.144. The van der Waals surface area contributed by atoms with Gasteiger partial charge in [-0.25, -0.2) is 9.50 Å². The van der Waals surface area contributed by atoms with Crippen molar-refractivity contribution < 1.29 is 23.4 Å². The van der Waals surface area contributed by atoms with E-state index in [9.17, 15) is 18.7 Å². The van der Waals surface area contributed by atoms with Crippen molar-refractivity contribution in [3.05, 3.63) is 54.6 Å². The Morgan fingerprint density at radius 3 is 2.94 bits per heavy atom. The second-order valence-electron chi connectivity index (χ2n) is 7.16. The predicted octanol–water partition coefficient (Wildman–Crippen LogP) is 3.46. The van der Waals surface area contributed by atoms with E-state index in [0.717, 1.165) is 4.90 Å². The number of amides is 1. The highest BCUT2D eigenvalue weighted by molar-refractivity contribution is 7.99. The summed E-state index contributed by atoms with van der Waals surface area (Å²) < 4.78 is 33.7. The molecule has 9 nitrogen and oxygen atoms in total. The van der Waals surface area contributed by atoms with Crippen LogP contribution in [0.3, 0.4) is 0 Å².